The van der Waals surface area contributed by atoms with Gasteiger partial charge in [0.2, 0.25) is 17.4 Å². The first-order valence-corrected chi connectivity index (χ1v) is 17.1. The largest absolute Gasteiger partial charge is 0.446 e. The molecule has 1 atom stereocenters. The van der Waals surface area contributed by atoms with Crippen LogP contribution >= 0.6 is 0 Å². The summed E-state index contributed by atoms with van der Waals surface area (Å²) in [7, 11) is 0. The average molecular weight is 742 g/mol. The fourth-order valence-corrected chi connectivity index (χ4v) is 4.26. The number of halogens is 4. The van der Waals surface area contributed by atoms with Gasteiger partial charge in [-0.2, -0.15) is 8.78 Å². The molecular formula is C34H51F4NO12. The molecule has 51 heavy (non-hydrogen) atoms. The van der Waals surface area contributed by atoms with Gasteiger partial charge in [-0.25, -0.2) is 13.6 Å². The summed E-state index contributed by atoms with van der Waals surface area (Å²) in [5, 5.41) is 2.71. The maximum atomic E-state index is 13.5. The Morgan fingerprint density at radius 2 is 1.02 bits per heavy atom. The van der Waals surface area contributed by atoms with Gasteiger partial charge in [0.15, 0.2) is 11.6 Å². The monoisotopic (exact) mass is 741 g/mol. The number of nitrogens with one attached hydrogen (secondary N) is 1. The highest BCUT2D eigenvalue weighted by Gasteiger charge is 2.23. The Morgan fingerprint density at radius 1 is 0.588 bits per heavy atom. The van der Waals surface area contributed by atoms with E-state index in [1.807, 2.05) is 0 Å². The van der Waals surface area contributed by atoms with Crippen LogP contribution in [0.25, 0.3) is 0 Å². The number of benzene rings is 1. The van der Waals surface area contributed by atoms with E-state index in [0.29, 0.717) is 92.4 Å². The molecule has 1 amide bonds. The molecule has 0 radical (unpaired) electrons. The van der Waals surface area contributed by atoms with E-state index in [9.17, 15) is 27.2 Å². The highest BCUT2D eigenvalue weighted by molar-refractivity contribution is 5.72. The van der Waals surface area contributed by atoms with E-state index >= 15 is 0 Å². The van der Waals surface area contributed by atoms with Crippen molar-refractivity contribution in [1.82, 2.24) is 5.32 Å². The number of rotatable bonds is 29. The molecular weight excluding hydrogens is 690 g/mol. The number of amides is 1. The lowest BCUT2D eigenvalue weighted by molar-refractivity contribution is -0.136. The number of alkyl carbamates (subject to hydrolysis) is 1. The van der Waals surface area contributed by atoms with Gasteiger partial charge in [-0.3, -0.25) is 4.79 Å². The highest BCUT2D eigenvalue weighted by Crippen LogP contribution is 2.26. The van der Waals surface area contributed by atoms with Crippen molar-refractivity contribution in [2.45, 2.75) is 44.6 Å². The summed E-state index contributed by atoms with van der Waals surface area (Å²) in [5.74, 6) is -9.49. The van der Waals surface area contributed by atoms with Gasteiger partial charge in [0.05, 0.1) is 112 Å². The minimum absolute atomic E-state index is 0.0170. The maximum absolute atomic E-state index is 13.5. The molecule has 0 spiro atoms. The summed E-state index contributed by atoms with van der Waals surface area (Å²) in [6.07, 6.45) is 8.23. The van der Waals surface area contributed by atoms with Crippen LogP contribution in [0.15, 0.2) is 18.2 Å². The van der Waals surface area contributed by atoms with Crippen molar-refractivity contribution in [3.05, 3.63) is 41.5 Å². The fourth-order valence-electron chi connectivity index (χ4n) is 4.26. The second kappa shape index (κ2) is 29.7. The van der Waals surface area contributed by atoms with Crippen molar-refractivity contribution in [2.75, 3.05) is 112 Å². The number of ether oxygens (including phenoxy) is 10. The standard InChI is InChI=1S/C34H51F4NO12/c35-28-26-29(36)32(38)33(31(28)37)51-30(40)8-10-42-12-14-44-16-18-46-20-22-48-24-25-49-23-21-47-19-17-45-15-13-43-11-9-39-34(41)50-27-6-4-2-1-3-5-7-27/h1-2,26-27H,3-25H2,(H,39,41)/b2-1-. The Labute approximate surface area is 296 Å². The van der Waals surface area contributed by atoms with Crippen molar-refractivity contribution in [3.8, 4) is 5.75 Å². The third kappa shape index (κ3) is 22.6. The molecule has 0 saturated carbocycles. The second-order valence-corrected chi connectivity index (χ2v) is 10.9. The minimum atomic E-state index is -1.80. The maximum Gasteiger partial charge on any atom is 0.407 e. The summed E-state index contributed by atoms with van der Waals surface area (Å²) in [4.78, 5) is 23.6. The molecule has 0 aliphatic heterocycles. The van der Waals surface area contributed by atoms with Crippen LogP contribution in [-0.2, 0) is 47.4 Å². The number of allylic oxidation sites excluding steroid dienone is 2. The van der Waals surface area contributed by atoms with Crippen molar-refractivity contribution >= 4 is 12.1 Å². The Kier molecular flexibility index (Phi) is 25.7. The average Bonchev–Trinajstić information content (AvgIpc) is 3.10. The molecule has 1 aliphatic carbocycles. The predicted molar refractivity (Wildman–Crippen MR) is 174 cm³/mol. The molecule has 13 nitrogen and oxygen atoms in total. The summed E-state index contributed by atoms with van der Waals surface area (Å²) in [6, 6.07) is 0.0170. The number of hydrogen-bond donors (Lipinski definition) is 1. The van der Waals surface area contributed by atoms with Crippen molar-refractivity contribution in [1.29, 1.82) is 0 Å². The molecule has 0 heterocycles. The number of esters is 1. The summed E-state index contributed by atoms with van der Waals surface area (Å²) in [6.45, 7) is 5.72. The van der Waals surface area contributed by atoms with E-state index in [4.69, 9.17) is 42.6 Å². The molecule has 292 valence electrons. The third-order valence-electron chi connectivity index (χ3n) is 6.85. The molecule has 1 aliphatic rings. The van der Waals surface area contributed by atoms with E-state index in [1.54, 1.807) is 0 Å². The number of carbonyl (C=O) groups is 2. The first kappa shape index (κ1) is 44.3. The first-order chi connectivity index (χ1) is 24.9. The predicted octanol–water partition coefficient (Wildman–Crippen LogP) is 4.29. The van der Waals surface area contributed by atoms with Crippen LogP contribution in [0, 0.1) is 23.3 Å². The summed E-state index contributed by atoms with van der Waals surface area (Å²) >= 11 is 0. The molecule has 2 rings (SSSR count). The quantitative estimate of drug-likeness (QED) is 0.0313. The van der Waals surface area contributed by atoms with E-state index in [-0.39, 0.29) is 32.0 Å². The molecule has 1 unspecified atom stereocenters. The Morgan fingerprint density at radius 3 is 1.51 bits per heavy atom. The molecule has 0 saturated heterocycles. The molecule has 1 aromatic rings. The SMILES string of the molecule is O=C(CCOCCOCCOCCOCCOCCOCCOCCOCCNC(=O)OC1CC/C=C\CCC1)Oc1c(F)c(F)cc(F)c1F. The van der Waals surface area contributed by atoms with Gasteiger partial charge in [-0.15, -0.1) is 0 Å². The summed E-state index contributed by atoms with van der Waals surface area (Å²) in [5.41, 5.74) is 0. The molecule has 0 aromatic heterocycles. The van der Waals surface area contributed by atoms with E-state index in [1.165, 1.54) is 0 Å². The van der Waals surface area contributed by atoms with Crippen LogP contribution < -0.4 is 10.1 Å². The third-order valence-corrected chi connectivity index (χ3v) is 6.85. The fraction of sp³-hybridized carbons (Fsp3) is 0.706. The van der Waals surface area contributed by atoms with Crippen molar-refractivity contribution in [2.24, 2.45) is 0 Å². The zero-order valence-corrected chi connectivity index (χ0v) is 29.0. The topological polar surface area (TPSA) is 138 Å². The van der Waals surface area contributed by atoms with Crippen LogP contribution in [0.1, 0.15) is 38.5 Å². The zero-order chi connectivity index (χ0) is 36.8. The molecule has 1 aromatic carbocycles. The molecule has 1 N–H and O–H groups in total. The van der Waals surface area contributed by atoms with Crippen LogP contribution in [-0.4, -0.2) is 130 Å². The van der Waals surface area contributed by atoms with Gasteiger partial charge >= 0.3 is 12.1 Å². The molecule has 0 bridgehead atoms. The van der Waals surface area contributed by atoms with Gasteiger partial charge in [0.1, 0.15) is 6.10 Å². The minimum Gasteiger partial charge on any atom is -0.446 e. The summed E-state index contributed by atoms with van der Waals surface area (Å²) < 4.78 is 106. The highest BCUT2D eigenvalue weighted by atomic mass is 19.2. The Hall–Kier alpha value is -2.90. The van der Waals surface area contributed by atoms with E-state index in [0.717, 1.165) is 32.1 Å². The Bertz CT molecular complexity index is 1090. The Balaban J connectivity index is 1.22. The van der Waals surface area contributed by atoms with Crippen molar-refractivity contribution in [3.63, 3.8) is 0 Å². The lowest BCUT2D eigenvalue weighted by atomic mass is 10.0. The van der Waals surface area contributed by atoms with Gasteiger partial charge in [0.25, 0.3) is 0 Å². The first-order valence-electron chi connectivity index (χ1n) is 17.1. The molecule has 0 fully saturated rings. The van der Waals surface area contributed by atoms with Gasteiger partial charge in [-0.05, 0) is 32.1 Å². The number of carbonyl (C=O) groups excluding carboxylic acids is 2. The van der Waals surface area contributed by atoms with Crippen LogP contribution in [0.5, 0.6) is 5.75 Å². The van der Waals surface area contributed by atoms with Gasteiger partial charge in [-0.1, -0.05) is 12.2 Å². The lowest BCUT2D eigenvalue weighted by Gasteiger charge is -2.18. The van der Waals surface area contributed by atoms with Gasteiger partial charge in [0, 0.05) is 12.6 Å². The van der Waals surface area contributed by atoms with Crippen molar-refractivity contribution < 1.29 is 74.5 Å². The van der Waals surface area contributed by atoms with Crippen LogP contribution in [0.4, 0.5) is 22.4 Å². The van der Waals surface area contributed by atoms with Crippen LogP contribution in [0.3, 0.4) is 0 Å². The zero-order valence-electron chi connectivity index (χ0n) is 29.0. The van der Waals surface area contributed by atoms with E-state index < -0.39 is 47.5 Å². The van der Waals surface area contributed by atoms with Crippen LogP contribution in [0.2, 0.25) is 0 Å². The second-order valence-electron chi connectivity index (χ2n) is 10.9. The van der Waals surface area contributed by atoms with Gasteiger partial charge < -0.3 is 52.7 Å². The molecule has 17 heteroatoms. The smallest absolute Gasteiger partial charge is 0.407 e. The normalized spacial score (nSPS) is 15.3. The lowest BCUT2D eigenvalue weighted by Crippen LogP contribution is -2.31. The number of hydrogen-bond acceptors (Lipinski definition) is 12. The van der Waals surface area contributed by atoms with E-state index in [2.05, 4.69) is 22.2 Å².